The second-order valence-corrected chi connectivity index (χ2v) is 3.76. The molecule has 0 unspecified atom stereocenters. The minimum atomic E-state index is -4.70. The lowest BCUT2D eigenvalue weighted by atomic mass is 10.1. The Balaban J connectivity index is 2.74. The fraction of sp³-hybridized carbons (Fsp3) is 0.455. The van der Waals surface area contributed by atoms with Gasteiger partial charge in [-0.05, 0) is 17.7 Å². The maximum Gasteiger partial charge on any atom is 0.419 e. The van der Waals surface area contributed by atoms with Gasteiger partial charge in [-0.15, -0.1) is 0 Å². The van der Waals surface area contributed by atoms with Crippen LogP contribution in [0.15, 0.2) is 18.2 Å². The zero-order valence-corrected chi connectivity index (χ0v) is 10.0. The molecule has 0 spiro atoms. The quantitative estimate of drug-likeness (QED) is 0.516. The van der Waals surface area contributed by atoms with E-state index < -0.39 is 37.1 Å². The average molecular weight is 303 g/mol. The number of hydrogen-bond donors (Lipinski definition) is 1. The summed E-state index contributed by atoms with van der Waals surface area (Å²) < 4.78 is 82.1. The number of hydrogen-bond acceptors (Lipinski definition) is 3. The van der Waals surface area contributed by atoms with E-state index in [1.54, 1.807) is 0 Å². The van der Waals surface area contributed by atoms with Gasteiger partial charge in [-0.3, -0.25) is 0 Å². The van der Waals surface area contributed by atoms with Crippen molar-refractivity contribution in [2.45, 2.75) is 18.9 Å². The van der Waals surface area contributed by atoms with Crippen LogP contribution in [0.3, 0.4) is 0 Å². The molecule has 1 aromatic carbocycles. The minimum Gasteiger partial charge on any atom is -0.467 e. The van der Waals surface area contributed by atoms with Gasteiger partial charge in [0.1, 0.15) is 12.4 Å². The van der Waals surface area contributed by atoms with Gasteiger partial charge in [-0.2, -0.15) is 26.3 Å². The predicted octanol–water partition coefficient (Wildman–Crippen LogP) is 3.08. The molecule has 0 bridgehead atoms. The van der Waals surface area contributed by atoms with Crippen molar-refractivity contribution in [3.63, 3.8) is 0 Å². The van der Waals surface area contributed by atoms with E-state index in [9.17, 15) is 26.3 Å². The first-order chi connectivity index (χ1) is 9.13. The molecule has 0 radical (unpaired) electrons. The van der Waals surface area contributed by atoms with Gasteiger partial charge in [0.25, 0.3) is 0 Å². The van der Waals surface area contributed by atoms with E-state index in [1.165, 1.54) is 6.07 Å². The van der Waals surface area contributed by atoms with E-state index >= 15 is 0 Å². The van der Waals surface area contributed by atoms with Gasteiger partial charge in [0.2, 0.25) is 0 Å². The van der Waals surface area contributed by atoms with Gasteiger partial charge in [0, 0.05) is 6.54 Å². The molecule has 3 nitrogen and oxygen atoms in total. The Morgan fingerprint density at radius 2 is 1.70 bits per heavy atom. The first kappa shape index (κ1) is 16.6. The molecule has 0 aliphatic heterocycles. The third-order valence-electron chi connectivity index (χ3n) is 2.15. The first-order valence-electron chi connectivity index (χ1n) is 5.31. The summed E-state index contributed by atoms with van der Waals surface area (Å²) in [4.78, 5) is 0. The maximum atomic E-state index is 12.7. The van der Waals surface area contributed by atoms with Crippen molar-refractivity contribution in [1.29, 1.82) is 0 Å². The SMILES string of the molecule is NCc1ccc(OCOCC(F)(F)F)c(C(F)(F)F)c1. The number of benzene rings is 1. The summed E-state index contributed by atoms with van der Waals surface area (Å²) in [7, 11) is 0. The van der Waals surface area contributed by atoms with E-state index in [0.717, 1.165) is 12.1 Å². The van der Waals surface area contributed by atoms with Crippen molar-refractivity contribution in [3.05, 3.63) is 29.3 Å². The van der Waals surface area contributed by atoms with Crippen molar-refractivity contribution >= 4 is 0 Å². The monoisotopic (exact) mass is 303 g/mol. The van der Waals surface area contributed by atoms with Gasteiger partial charge < -0.3 is 15.2 Å². The number of rotatable bonds is 5. The molecule has 0 amide bonds. The highest BCUT2D eigenvalue weighted by molar-refractivity contribution is 5.39. The molecule has 0 aliphatic rings. The smallest absolute Gasteiger partial charge is 0.419 e. The predicted molar refractivity (Wildman–Crippen MR) is 56.8 cm³/mol. The molecule has 0 fully saturated rings. The topological polar surface area (TPSA) is 44.5 Å². The van der Waals surface area contributed by atoms with Crippen LogP contribution in [0, 0.1) is 0 Å². The Hall–Kier alpha value is -1.48. The molecule has 2 N–H and O–H groups in total. The van der Waals surface area contributed by atoms with Crippen LogP contribution < -0.4 is 10.5 Å². The van der Waals surface area contributed by atoms with Crippen molar-refractivity contribution in [1.82, 2.24) is 0 Å². The summed E-state index contributed by atoms with van der Waals surface area (Å²) in [5.41, 5.74) is 4.33. The lowest BCUT2D eigenvalue weighted by molar-refractivity contribution is -0.187. The van der Waals surface area contributed by atoms with E-state index in [-0.39, 0.29) is 12.1 Å². The van der Waals surface area contributed by atoms with Crippen LogP contribution in [0.25, 0.3) is 0 Å². The van der Waals surface area contributed by atoms with Gasteiger partial charge in [0.05, 0.1) is 5.56 Å². The van der Waals surface area contributed by atoms with Crippen LogP contribution in [0.2, 0.25) is 0 Å². The third-order valence-corrected chi connectivity index (χ3v) is 2.15. The maximum absolute atomic E-state index is 12.7. The standard InChI is InChI=1S/C11H11F6NO2/c12-10(13,14)5-19-6-20-9-2-1-7(4-18)3-8(9)11(15,16)17/h1-3H,4-6,18H2. The summed E-state index contributed by atoms with van der Waals surface area (Å²) in [6, 6.07) is 3.05. The van der Waals surface area contributed by atoms with Crippen molar-refractivity contribution < 1.29 is 35.8 Å². The normalized spacial score (nSPS) is 12.6. The molecule has 1 aromatic rings. The summed E-state index contributed by atoms with van der Waals surface area (Å²) in [6.45, 7) is -2.65. The Morgan fingerprint density at radius 3 is 2.20 bits per heavy atom. The Kier molecular flexibility index (Phi) is 5.23. The van der Waals surface area contributed by atoms with Crippen LogP contribution in [0.1, 0.15) is 11.1 Å². The molecular formula is C11H11F6NO2. The molecule has 0 aliphatic carbocycles. The van der Waals surface area contributed by atoms with Crippen molar-refractivity contribution in [2.24, 2.45) is 5.73 Å². The molecule has 9 heteroatoms. The van der Waals surface area contributed by atoms with E-state index in [2.05, 4.69) is 9.47 Å². The lowest BCUT2D eigenvalue weighted by Crippen LogP contribution is -2.19. The molecule has 0 saturated carbocycles. The third kappa shape index (κ3) is 5.25. The highest BCUT2D eigenvalue weighted by atomic mass is 19.4. The fourth-order valence-corrected chi connectivity index (χ4v) is 1.31. The van der Waals surface area contributed by atoms with Crippen LogP contribution >= 0.6 is 0 Å². The van der Waals surface area contributed by atoms with E-state index in [4.69, 9.17) is 5.73 Å². The Bertz CT molecular complexity index is 444. The molecular weight excluding hydrogens is 292 g/mol. The highest BCUT2D eigenvalue weighted by Gasteiger charge is 2.35. The largest absolute Gasteiger partial charge is 0.467 e. The Morgan fingerprint density at radius 1 is 1.05 bits per heavy atom. The van der Waals surface area contributed by atoms with E-state index in [0.29, 0.717) is 0 Å². The molecule has 114 valence electrons. The lowest BCUT2D eigenvalue weighted by Gasteiger charge is -2.15. The number of ether oxygens (including phenoxy) is 2. The second kappa shape index (κ2) is 6.31. The minimum absolute atomic E-state index is 0.103. The molecule has 0 aromatic heterocycles. The number of halogens is 6. The van der Waals surface area contributed by atoms with Crippen molar-refractivity contribution in [2.75, 3.05) is 13.4 Å². The highest BCUT2D eigenvalue weighted by Crippen LogP contribution is 2.36. The fourth-order valence-electron chi connectivity index (χ4n) is 1.31. The van der Waals surface area contributed by atoms with Gasteiger partial charge in [-0.1, -0.05) is 6.07 Å². The summed E-state index contributed by atoms with van der Waals surface area (Å²) in [6.07, 6.45) is -9.27. The number of alkyl halides is 6. The van der Waals surface area contributed by atoms with Gasteiger partial charge >= 0.3 is 12.4 Å². The summed E-state index contributed by atoms with van der Waals surface area (Å²) in [5.74, 6) is -0.614. The molecule has 0 heterocycles. The zero-order valence-electron chi connectivity index (χ0n) is 10.0. The molecule has 0 saturated heterocycles. The molecule has 0 atom stereocenters. The van der Waals surface area contributed by atoms with Crippen LogP contribution in [0.4, 0.5) is 26.3 Å². The van der Waals surface area contributed by atoms with Crippen molar-refractivity contribution in [3.8, 4) is 5.75 Å². The zero-order chi connectivity index (χ0) is 15.4. The van der Waals surface area contributed by atoms with Gasteiger partial charge in [-0.25, -0.2) is 0 Å². The van der Waals surface area contributed by atoms with E-state index in [1.807, 2.05) is 0 Å². The second-order valence-electron chi connectivity index (χ2n) is 3.76. The summed E-state index contributed by atoms with van der Waals surface area (Å²) >= 11 is 0. The summed E-state index contributed by atoms with van der Waals surface area (Å²) in [5, 5.41) is 0. The molecule has 20 heavy (non-hydrogen) atoms. The van der Waals surface area contributed by atoms with Gasteiger partial charge in [0.15, 0.2) is 6.79 Å². The molecule has 1 rings (SSSR count). The van der Waals surface area contributed by atoms with Crippen LogP contribution in [-0.4, -0.2) is 19.6 Å². The first-order valence-corrected chi connectivity index (χ1v) is 5.31. The van der Waals surface area contributed by atoms with Crippen LogP contribution in [-0.2, 0) is 17.5 Å². The Labute approximate surface area is 110 Å². The number of nitrogens with two attached hydrogens (primary N) is 1. The average Bonchev–Trinajstić information content (AvgIpc) is 2.32. The van der Waals surface area contributed by atoms with Crippen LogP contribution in [0.5, 0.6) is 5.75 Å².